The number of nitrogens with zero attached hydrogens (tertiary/aromatic N) is 2. The first-order chi connectivity index (χ1) is 12.9. The van der Waals surface area contributed by atoms with Gasteiger partial charge in [-0.3, -0.25) is 9.69 Å². The molecule has 1 aromatic carbocycles. The molecule has 1 atom stereocenters. The number of carbonyl (C=O) groups is 1. The lowest BCUT2D eigenvalue weighted by Crippen LogP contribution is -2.51. The highest BCUT2D eigenvalue weighted by atomic mass is 32.2. The minimum Gasteiger partial charge on any atom is -0.376 e. The number of benzene rings is 1. The molecule has 1 aromatic rings. The number of amides is 1. The zero-order valence-electron chi connectivity index (χ0n) is 14.9. The Labute approximate surface area is 157 Å². The molecule has 2 saturated heterocycles. The van der Waals surface area contributed by atoms with E-state index in [2.05, 4.69) is 5.32 Å². The Hall–Kier alpha value is -1.62. The Morgan fingerprint density at radius 2 is 1.96 bits per heavy atom. The summed E-state index contributed by atoms with van der Waals surface area (Å²) in [5.74, 6) is -2.07. The van der Waals surface area contributed by atoms with E-state index >= 15 is 0 Å². The van der Waals surface area contributed by atoms with E-state index < -0.39 is 26.6 Å². The largest absolute Gasteiger partial charge is 0.376 e. The van der Waals surface area contributed by atoms with Crippen LogP contribution in [0.1, 0.15) is 12.8 Å². The van der Waals surface area contributed by atoms with Crippen LogP contribution in [0.4, 0.5) is 8.78 Å². The van der Waals surface area contributed by atoms with Gasteiger partial charge in [-0.25, -0.2) is 17.2 Å². The van der Waals surface area contributed by atoms with Crippen molar-refractivity contribution in [1.29, 1.82) is 0 Å². The Morgan fingerprint density at radius 3 is 2.59 bits per heavy atom. The van der Waals surface area contributed by atoms with Crippen molar-refractivity contribution in [3.8, 4) is 0 Å². The molecule has 0 radical (unpaired) electrons. The monoisotopic (exact) mass is 403 g/mol. The number of sulfonamides is 1. The quantitative estimate of drug-likeness (QED) is 0.751. The lowest BCUT2D eigenvalue weighted by molar-refractivity contribution is -0.123. The molecule has 2 heterocycles. The lowest BCUT2D eigenvalue weighted by atomic mass is 10.2. The maximum atomic E-state index is 13.8. The number of carbonyl (C=O) groups excluding carboxylic acids is 1. The zero-order valence-corrected chi connectivity index (χ0v) is 15.7. The number of hydrogen-bond donors (Lipinski definition) is 1. The topological polar surface area (TPSA) is 79.0 Å². The molecule has 0 spiro atoms. The fourth-order valence-corrected chi connectivity index (χ4v) is 4.71. The molecular weight excluding hydrogens is 380 g/mol. The third-order valence-corrected chi connectivity index (χ3v) is 6.69. The first-order valence-corrected chi connectivity index (χ1v) is 10.4. The van der Waals surface area contributed by atoms with Gasteiger partial charge in [-0.05, 0) is 25.0 Å². The van der Waals surface area contributed by atoms with E-state index in [0.29, 0.717) is 25.7 Å². The summed E-state index contributed by atoms with van der Waals surface area (Å²) < 4.78 is 58.6. The predicted molar refractivity (Wildman–Crippen MR) is 93.5 cm³/mol. The first-order valence-electron chi connectivity index (χ1n) is 8.92. The minimum absolute atomic E-state index is 0.0709. The lowest BCUT2D eigenvalue weighted by Gasteiger charge is -2.33. The van der Waals surface area contributed by atoms with Crippen LogP contribution >= 0.6 is 0 Å². The summed E-state index contributed by atoms with van der Waals surface area (Å²) in [6.07, 6.45) is 2.02. The molecule has 3 rings (SSSR count). The van der Waals surface area contributed by atoms with Crippen LogP contribution in [0, 0.1) is 11.6 Å². The van der Waals surface area contributed by atoms with Gasteiger partial charge in [-0.15, -0.1) is 0 Å². The normalized spacial score (nSPS) is 22.1. The van der Waals surface area contributed by atoms with Crippen LogP contribution in [0.15, 0.2) is 23.1 Å². The first kappa shape index (κ1) is 20.1. The van der Waals surface area contributed by atoms with Gasteiger partial charge in [-0.2, -0.15) is 4.31 Å². The highest BCUT2D eigenvalue weighted by molar-refractivity contribution is 7.89. The molecular formula is C17H23F2N3O4S. The molecule has 0 unspecified atom stereocenters. The van der Waals surface area contributed by atoms with Crippen LogP contribution in [-0.2, 0) is 19.6 Å². The number of rotatable bonds is 6. The Bertz CT molecular complexity index is 776. The summed E-state index contributed by atoms with van der Waals surface area (Å²) in [6, 6.07) is 2.41. The maximum Gasteiger partial charge on any atom is 0.246 e. The molecule has 0 saturated carbocycles. The molecule has 150 valence electrons. The van der Waals surface area contributed by atoms with E-state index in [1.54, 1.807) is 0 Å². The molecule has 1 amide bonds. The van der Waals surface area contributed by atoms with Gasteiger partial charge < -0.3 is 10.1 Å². The Morgan fingerprint density at radius 1 is 1.22 bits per heavy atom. The standard InChI is InChI=1S/C17H23F2N3O4S/c18-13-3-4-16(15(19)10-13)27(24,25)22-7-5-21(6-8-22)12-17(23)20-11-14-2-1-9-26-14/h3-4,10,14H,1-2,5-9,11-12H2,(H,20,23)/t14-/m0/s1. The van der Waals surface area contributed by atoms with Crippen LogP contribution < -0.4 is 5.32 Å². The van der Waals surface area contributed by atoms with Crippen LogP contribution in [0.3, 0.4) is 0 Å². The SMILES string of the molecule is O=C(CN1CCN(S(=O)(=O)c2ccc(F)cc2F)CC1)NC[C@@H]1CCCO1. The van der Waals surface area contributed by atoms with Crippen molar-refractivity contribution in [1.82, 2.24) is 14.5 Å². The number of nitrogens with one attached hydrogen (secondary N) is 1. The molecule has 2 aliphatic heterocycles. The van der Waals surface area contributed by atoms with Crippen LogP contribution in [0.25, 0.3) is 0 Å². The van der Waals surface area contributed by atoms with E-state index in [1.165, 1.54) is 0 Å². The van der Waals surface area contributed by atoms with Gasteiger partial charge in [0.15, 0.2) is 0 Å². The van der Waals surface area contributed by atoms with Gasteiger partial charge in [-0.1, -0.05) is 0 Å². The molecule has 2 aliphatic rings. The van der Waals surface area contributed by atoms with Crippen molar-refractivity contribution in [2.75, 3.05) is 45.9 Å². The summed E-state index contributed by atoms with van der Waals surface area (Å²) in [5, 5.41) is 2.83. The number of piperazine rings is 1. The summed E-state index contributed by atoms with van der Waals surface area (Å²) in [6.45, 7) is 2.37. The fourth-order valence-electron chi connectivity index (χ4n) is 3.24. The van der Waals surface area contributed by atoms with Gasteiger partial charge in [0, 0.05) is 45.4 Å². The molecule has 2 fully saturated rings. The Kier molecular flexibility index (Phi) is 6.40. The van der Waals surface area contributed by atoms with Crippen LogP contribution in [-0.4, -0.2) is 75.5 Å². The summed E-state index contributed by atoms with van der Waals surface area (Å²) in [5.41, 5.74) is 0. The van der Waals surface area contributed by atoms with Crippen molar-refractivity contribution in [2.24, 2.45) is 0 Å². The number of halogens is 2. The van der Waals surface area contributed by atoms with Gasteiger partial charge in [0.05, 0.1) is 12.6 Å². The van der Waals surface area contributed by atoms with Crippen molar-refractivity contribution < 1.29 is 26.7 Å². The summed E-state index contributed by atoms with van der Waals surface area (Å²) in [7, 11) is -4.03. The smallest absolute Gasteiger partial charge is 0.246 e. The van der Waals surface area contributed by atoms with E-state index in [-0.39, 0.29) is 31.6 Å². The average Bonchev–Trinajstić information content (AvgIpc) is 3.14. The molecule has 27 heavy (non-hydrogen) atoms. The Balaban J connectivity index is 1.49. The minimum atomic E-state index is -4.03. The molecule has 7 nitrogen and oxygen atoms in total. The molecule has 0 aliphatic carbocycles. The van der Waals surface area contributed by atoms with Crippen molar-refractivity contribution >= 4 is 15.9 Å². The molecule has 0 bridgehead atoms. The van der Waals surface area contributed by atoms with Gasteiger partial charge in [0.1, 0.15) is 16.5 Å². The second-order valence-electron chi connectivity index (χ2n) is 6.69. The van der Waals surface area contributed by atoms with E-state index in [4.69, 9.17) is 4.74 Å². The maximum absolute atomic E-state index is 13.8. The number of ether oxygens (including phenoxy) is 1. The van der Waals surface area contributed by atoms with Gasteiger partial charge in [0.25, 0.3) is 0 Å². The van der Waals surface area contributed by atoms with E-state index in [9.17, 15) is 22.0 Å². The van der Waals surface area contributed by atoms with E-state index in [0.717, 1.165) is 35.9 Å². The van der Waals surface area contributed by atoms with Crippen molar-refractivity contribution in [3.05, 3.63) is 29.8 Å². The van der Waals surface area contributed by atoms with Crippen molar-refractivity contribution in [3.63, 3.8) is 0 Å². The fraction of sp³-hybridized carbons (Fsp3) is 0.588. The second kappa shape index (κ2) is 8.59. The summed E-state index contributed by atoms with van der Waals surface area (Å²) in [4.78, 5) is 13.3. The van der Waals surface area contributed by atoms with Crippen LogP contribution in [0.5, 0.6) is 0 Å². The highest BCUT2D eigenvalue weighted by Gasteiger charge is 2.31. The zero-order chi connectivity index (χ0) is 19.4. The van der Waals surface area contributed by atoms with E-state index in [1.807, 2.05) is 4.90 Å². The predicted octanol–water partition coefficient (Wildman–Crippen LogP) is 0.566. The second-order valence-corrected chi connectivity index (χ2v) is 8.60. The third kappa shape index (κ3) is 5.01. The number of hydrogen-bond acceptors (Lipinski definition) is 5. The molecule has 0 aromatic heterocycles. The van der Waals surface area contributed by atoms with Gasteiger partial charge in [0.2, 0.25) is 15.9 Å². The molecule has 10 heteroatoms. The average molecular weight is 403 g/mol. The summed E-state index contributed by atoms with van der Waals surface area (Å²) >= 11 is 0. The van der Waals surface area contributed by atoms with Crippen LogP contribution in [0.2, 0.25) is 0 Å². The molecule has 1 N–H and O–H groups in total. The third-order valence-electron chi connectivity index (χ3n) is 4.76. The van der Waals surface area contributed by atoms with Crippen molar-refractivity contribution in [2.45, 2.75) is 23.8 Å². The highest BCUT2D eigenvalue weighted by Crippen LogP contribution is 2.21. The van der Waals surface area contributed by atoms with Gasteiger partial charge >= 0.3 is 0 Å².